The number of hydrogen-bond acceptors (Lipinski definition) is 3. The van der Waals surface area contributed by atoms with Crippen LogP contribution in [0.3, 0.4) is 0 Å². The van der Waals surface area contributed by atoms with Gasteiger partial charge in [0.15, 0.2) is 0 Å². The molecule has 0 radical (unpaired) electrons. The zero-order valence-electron chi connectivity index (χ0n) is 11.8. The van der Waals surface area contributed by atoms with Crippen molar-refractivity contribution in [3.63, 3.8) is 0 Å². The van der Waals surface area contributed by atoms with Crippen LogP contribution >= 0.6 is 0 Å². The van der Waals surface area contributed by atoms with Gasteiger partial charge in [-0.15, -0.1) is 0 Å². The highest BCUT2D eigenvalue weighted by Gasteiger charge is 2.23. The molecule has 1 aromatic carbocycles. The van der Waals surface area contributed by atoms with Crippen molar-refractivity contribution < 1.29 is 9.84 Å². The normalized spacial score (nSPS) is 15.2. The minimum Gasteiger partial charge on any atom is -0.489 e. The van der Waals surface area contributed by atoms with Crippen LogP contribution in [0.4, 0.5) is 0 Å². The molecule has 0 amide bonds. The summed E-state index contributed by atoms with van der Waals surface area (Å²) in [4.78, 5) is 4.43. The molecule has 3 rings (SSSR count). The number of aromatic nitrogens is 1. The maximum atomic E-state index is 9.94. The van der Waals surface area contributed by atoms with E-state index in [2.05, 4.69) is 4.98 Å². The van der Waals surface area contributed by atoms with Crippen molar-refractivity contribution in [2.24, 2.45) is 0 Å². The summed E-state index contributed by atoms with van der Waals surface area (Å²) in [5.74, 6) is 0.837. The molecule has 0 unspecified atom stereocenters. The van der Waals surface area contributed by atoms with Gasteiger partial charge in [0.25, 0.3) is 0 Å². The van der Waals surface area contributed by atoms with Crippen LogP contribution in [0.5, 0.6) is 5.75 Å². The number of benzene rings is 1. The first-order valence-electron chi connectivity index (χ1n) is 6.98. The van der Waals surface area contributed by atoms with Crippen molar-refractivity contribution in [2.45, 2.75) is 38.4 Å². The third-order valence-corrected chi connectivity index (χ3v) is 3.45. The fourth-order valence-electron chi connectivity index (χ4n) is 2.05. The van der Waals surface area contributed by atoms with Crippen LogP contribution in [0.2, 0.25) is 0 Å². The number of aliphatic hydroxyl groups is 1. The molecule has 1 heterocycles. The van der Waals surface area contributed by atoms with Gasteiger partial charge in [-0.05, 0) is 44.4 Å². The Morgan fingerprint density at radius 3 is 2.30 bits per heavy atom. The second-order valence-electron chi connectivity index (χ2n) is 5.83. The summed E-state index contributed by atoms with van der Waals surface area (Å²) in [6.45, 7) is 3.56. The minimum atomic E-state index is -0.812. The van der Waals surface area contributed by atoms with Gasteiger partial charge in [-0.3, -0.25) is 4.98 Å². The first-order chi connectivity index (χ1) is 9.52. The first kappa shape index (κ1) is 13.1. The summed E-state index contributed by atoms with van der Waals surface area (Å²) >= 11 is 0. The standard InChI is InChI=1S/C17H19NO2/c1-17(2,19)13-5-3-12(4-6-13)16-10-9-15(11-18-16)20-14-7-8-14/h3-6,9-11,14,19H,7-8H2,1-2H3. The molecule has 0 bridgehead atoms. The van der Waals surface area contributed by atoms with E-state index in [1.807, 2.05) is 36.4 Å². The summed E-state index contributed by atoms with van der Waals surface area (Å²) in [5, 5.41) is 9.94. The fraction of sp³-hybridized carbons (Fsp3) is 0.353. The number of nitrogens with zero attached hydrogens (tertiary/aromatic N) is 1. The Kier molecular flexibility index (Phi) is 3.22. The third kappa shape index (κ3) is 2.99. The van der Waals surface area contributed by atoms with Crippen molar-refractivity contribution in [1.82, 2.24) is 4.98 Å². The van der Waals surface area contributed by atoms with Crippen LogP contribution in [0.1, 0.15) is 32.3 Å². The molecule has 0 aliphatic heterocycles. The Labute approximate surface area is 119 Å². The Hall–Kier alpha value is -1.87. The van der Waals surface area contributed by atoms with E-state index in [1.54, 1.807) is 20.0 Å². The van der Waals surface area contributed by atoms with E-state index in [4.69, 9.17) is 4.74 Å². The van der Waals surface area contributed by atoms with Gasteiger partial charge in [-0.25, -0.2) is 0 Å². The maximum Gasteiger partial charge on any atom is 0.138 e. The van der Waals surface area contributed by atoms with Crippen molar-refractivity contribution in [2.75, 3.05) is 0 Å². The highest BCUT2D eigenvalue weighted by Crippen LogP contribution is 2.28. The minimum absolute atomic E-state index is 0.397. The molecule has 1 aliphatic rings. The SMILES string of the molecule is CC(C)(O)c1ccc(-c2ccc(OC3CC3)cn2)cc1. The smallest absolute Gasteiger partial charge is 0.138 e. The van der Waals surface area contributed by atoms with Gasteiger partial charge in [-0.2, -0.15) is 0 Å². The average Bonchev–Trinajstić information content (AvgIpc) is 3.23. The average molecular weight is 269 g/mol. The van der Waals surface area contributed by atoms with Crippen LogP contribution in [-0.4, -0.2) is 16.2 Å². The van der Waals surface area contributed by atoms with Crippen LogP contribution in [0.25, 0.3) is 11.3 Å². The second kappa shape index (κ2) is 4.91. The van der Waals surface area contributed by atoms with Crippen LogP contribution in [0, 0.1) is 0 Å². The Morgan fingerprint density at radius 2 is 1.80 bits per heavy atom. The van der Waals surface area contributed by atoms with Gasteiger partial charge in [0.05, 0.1) is 23.6 Å². The van der Waals surface area contributed by atoms with Gasteiger partial charge in [0, 0.05) is 5.56 Å². The van der Waals surface area contributed by atoms with E-state index in [-0.39, 0.29) is 0 Å². The summed E-state index contributed by atoms with van der Waals surface area (Å²) in [6, 6.07) is 11.8. The Balaban J connectivity index is 1.77. The lowest BCUT2D eigenvalue weighted by Gasteiger charge is -2.17. The van der Waals surface area contributed by atoms with Gasteiger partial charge in [0.1, 0.15) is 5.75 Å². The molecule has 1 saturated carbocycles. The van der Waals surface area contributed by atoms with Crippen LogP contribution in [-0.2, 0) is 5.60 Å². The quantitative estimate of drug-likeness (QED) is 0.923. The van der Waals surface area contributed by atoms with E-state index in [0.29, 0.717) is 6.10 Å². The van der Waals surface area contributed by atoms with E-state index in [0.717, 1.165) is 35.4 Å². The number of pyridine rings is 1. The van der Waals surface area contributed by atoms with E-state index >= 15 is 0 Å². The number of hydrogen-bond donors (Lipinski definition) is 1. The lowest BCUT2D eigenvalue weighted by atomic mass is 9.97. The maximum absolute atomic E-state index is 9.94. The molecular weight excluding hydrogens is 250 g/mol. The van der Waals surface area contributed by atoms with E-state index in [1.165, 1.54) is 0 Å². The summed E-state index contributed by atoms with van der Waals surface area (Å²) in [7, 11) is 0. The van der Waals surface area contributed by atoms with Gasteiger partial charge in [0.2, 0.25) is 0 Å². The molecular formula is C17H19NO2. The highest BCUT2D eigenvalue weighted by molar-refractivity contribution is 5.60. The second-order valence-corrected chi connectivity index (χ2v) is 5.83. The molecule has 0 atom stereocenters. The zero-order chi connectivity index (χ0) is 14.2. The molecule has 0 spiro atoms. The summed E-state index contributed by atoms with van der Waals surface area (Å²) in [5.41, 5.74) is 2.04. The molecule has 0 saturated heterocycles. The lowest BCUT2D eigenvalue weighted by molar-refractivity contribution is 0.0786. The van der Waals surface area contributed by atoms with Crippen molar-refractivity contribution >= 4 is 0 Å². The molecule has 104 valence electrons. The largest absolute Gasteiger partial charge is 0.489 e. The lowest BCUT2D eigenvalue weighted by Crippen LogP contribution is -2.14. The fourth-order valence-corrected chi connectivity index (χ4v) is 2.05. The van der Waals surface area contributed by atoms with Gasteiger partial charge in [-0.1, -0.05) is 24.3 Å². The third-order valence-electron chi connectivity index (χ3n) is 3.45. The molecule has 1 aromatic heterocycles. The van der Waals surface area contributed by atoms with Gasteiger partial charge < -0.3 is 9.84 Å². The summed E-state index contributed by atoms with van der Waals surface area (Å²) < 4.78 is 5.68. The monoisotopic (exact) mass is 269 g/mol. The van der Waals surface area contributed by atoms with Crippen molar-refractivity contribution in [3.8, 4) is 17.0 Å². The molecule has 1 fully saturated rings. The molecule has 3 nitrogen and oxygen atoms in total. The zero-order valence-corrected chi connectivity index (χ0v) is 11.8. The van der Waals surface area contributed by atoms with Crippen LogP contribution in [0.15, 0.2) is 42.6 Å². The first-order valence-corrected chi connectivity index (χ1v) is 6.98. The molecule has 20 heavy (non-hydrogen) atoms. The predicted molar refractivity (Wildman–Crippen MR) is 78.6 cm³/mol. The number of rotatable bonds is 4. The predicted octanol–water partition coefficient (Wildman–Crippen LogP) is 3.52. The molecule has 1 N–H and O–H groups in total. The van der Waals surface area contributed by atoms with E-state index < -0.39 is 5.60 Å². The Bertz CT molecular complexity index is 578. The topological polar surface area (TPSA) is 42.4 Å². The summed E-state index contributed by atoms with van der Waals surface area (Å²) in [6.07, 6.45) is 4.48. The van der Waals surface area contributed by atoms with Crippen molar-refractivity contribution in [3.05, 3.63) is 48.2 Å². The van der Waals surface area contributed by atoms with Crippen LogP contribution < -0.4 is 4.74 Å². The van der Waals surface area contributed by atoms with E-state index in [9.17, 15) is 5.11 Å². The van der Waals surface area contributed by atoms with Gasteiger partial charge >= 0.3 is 0 Å². The number of ether oxygens (including phenoxy) is 1. The van der Waals surface area contributed by atoms with Crippen molar-refractivity contribution in [1.29, 1.82) is 0 Å². The highest BCUT2D eigenvalue weighted by atomic mass is 16.5. The Morgan fingerprint density at radius 1 is 1.10 bits per heavy atom. The molecule has 1 aliphatic carbocycles. The molecule has 3 heteroatoms. The molecule has 2 aromatic rings.